The van der Waals surface area contributed by atoms with E-state index >= 15 is 0 Å². The summed E-state index contributed by atoms with van der Waals surface area (Å²) in [5, 5.41) is 3.65. The number of methoxy groups -OCH3 is 2. The van der Waals surface area contributed by atoms with Gasteiger partial charge in [0.05, 0.1) is 19.1 Å². The van der Waals surface area contributed by atoms with E-state index in [1.165, 1.54) is 11.8 Å². The van der Waals surface area contributed by atoms with Gasteiger partial charge in [-0.05, 0) is 47.5 Å². The van der Waals surface area contributed by atoms with E-state index in [9.17, 15) is 4.79 Å². The number of benzene rings is 2. The largest absolute Gasteiger partial charge is 0.493 e. The molecule has 1 amide bonds. The SMILES string of the molecule is COc1cc(-c2cc(Cl)cc(Cl)c2)cc(C=C2SC(=S)NC2=O)c1OC. The highest BCUT2D eigenvalue weighted by Gasteiger charge is 2.23. The lowest BCUT2D eigenvalue weighted by Crippen LogP contribution is -2.17. The molecule has 0 aromatic heterocycles. The van der Waals surface area contributed by atoms with Crippen LogP contribution in [-0.4, -0.2) is 24.4 Å². The number of thioether (sulfide) groups is 1. The number of rotatable bonds is 4. The van der Waals surface area contributed by atoms with E-state index in [1.54, 1.807) is 38.5 Å². The average Bonchev–Trinajstić information content (AvgIpc) is 2.90. The van der Waals surface area contributed by atoms with Crippen LogP contribution in [-0.2, 0) is 4.79 Å². The minimum absolute atomic E-state index is 0.239. The molecule has 1 saturated heterocycles. The molecule has 0 atom stereocenters. The second-order valence-corrected chi connectivity index (χ2v) is 7.90. The van der Waals surface area contributed by atoms with E-state index in [2.05, 4.69) is 5.32 Å². The first-order valence-corrected chi connectivity index (χ1v) is 9.36. The number of amides is 1. The van der Waals surface area contributed by atoms with Crippen LogP contribution in [0.3, 0.4) is 0 Å². The van der Waals surface area contributed by atoms with Gasteiger partial charge in [-0.3, -0.25) is 4.79 Å². The number of nitrogens with one attached hydrogen (secondary N) is 1. The number of thiocarbonyl (C=S) groups is 1. The number of carbonyl (C=O) groups is 1. The van der Waals surface area contributed by atoms with Gasteiger partial charge in [-0.25, -0.2) is 0 Å². The molecule has 3 rings (SSSR count). The van der Waals surface area contributed by atoms with E-state index in [0.29, 0.717) is 36.3 Å². The molecule has 0 bridgehead atoms. The van der Waals surface area contributed by atoms with Gasteiger partial charge in [0.1, 0.15) is 4.32 Å². The Morgan fingerprint density at radius 1 is 1.04 bits per heavy atom. The number of carbonyl (C=O) groups excluding carboxylic acids is 1. The van der Waals surface area contributed by atoms with Gasteiger partial charge in [0.2, 0.25) is 0 Å². The van der Waals surface area contributed by atoms with Gasteiger partial charge < -0.3 is 14.8 Å². The van der Waals surface area contributed by atoms with Crippen LogP contribution in [0.25, 0.3) is 17.2 Å². The molecule has 1 heterocycles. The Balaban J connectivity index is 2.18. The quantitative estimate of drug-likeness (QED) is 0.540. The van der Waals surface area contributed by atoms with Crippen molar-refractivity contribution >= 4 is 63.5 Å². The molecule has 1 N–H and O–H groups in total. The normalized spacial score (nSPS) is 15.3. The lowest BCUT2D eigenvalue weighted by Gasteiger charge is -2.14. The fraction of sp³-hybridized carbons (Fsp3) is 0.111. The minimum atomic E-state index is -0.239. The van der Waals surface area contributed by atoms with Crippen LogP contribution in [0.4, 0.5) is 0 Å². The predicted molar refractivity (Wildman–Crippen MR) is 111 cm³/mol. The molecule has 0 radical (unpaired) electrons. The summed E-state index contributed by atoms with van der Waals surface area (Å²) in [7, 11) is 3.10. The van der Waals surface area contributed by atoms with Crippen molar-refractivity contribution in [3.8, 4) is 22.6 Å². The van der Waals surface area contributed by atoms with E-state index in [4.69, 9.17) is 44.9 Å². The van der Waals surface area contributed by atoms with Crippen molar-refractivity contribution in [3.05, 3.63) is 50.8 Å². The molecule has 1 aliphatic heterocycles. The molecule has 134 valence electrons. The molecule has 0 aliphatic carbocycles. The zero-order valence-corrected chi connectivity index (χ0v) is 16.9. The number of hydrogen-bond acceptors (Lipinski definition) is 5. The maximum Gasteiger partial charge on any atom is 0.263 e. The van der Waals surface area contributed by atoms with Gasteiger partial charge in [-0.1, -0.05) is 47.2 Å². The predicted octanol–water partition coefficient (Wildman–Crippen LogP) is 5.17. The minimum Gasteiger partial charge on any atom is -0.493 e. The van der Waals surface area contributed by atoms with Gasteiger partial charge in [-0.2, -0.15) is 0 Å². The second-order valence-electron chi connectivity index (χ2n) is 5.31. The zero-order chi connectivity index (χ0) is 18.8. The van der Waals surface area contributed by atoms with Crippen LogP contribution in [0.2, 0.25) is 10.0 Å². The van der Waals surface area contributed by atoms with Crippen molar-refractivity contribution in [2.24, 2.45) is 0 Å². The third-order valence-corrected chi connectivity index (χ3v) is 5.23. The van der Waals surface area contributed by atoms with Crippen molar-refractivity contribution in [2.75, 3.05) is 14.2 Å². The van der Waals surface area contributed by atoms with Crippen LogP contribution in [0, 0.1) is 0 Å². The van der Waals surface area contributed by atoms with Crippen molar-refractivity contribution in [3.63, 3.8) is 0 Å². The monoisotopic (exact) mass is 425 g/mol. The smallest absolute Gasteiger partial charge is 0.263 e. The van der Waals surface area contributed by atoms with Crippen molar-refractivity contribution < 1.29 is 14.3 Å². The fourth-order valence-electron chi connectivity index (χ4n) is 2.55. The van der Waals surface area contributed by atoms with Gasteiger partial charge >= 0.3 is 0 Å². The molecule has 0 unspecified atom stereocenters. The van der Waals surface area contributed by atoms with Crippen LogP contribution < -0.4 is 14.8 Å². The summed E-state index contributed by atoms with van der Waals surface area (Å²) in [6.45, 7) is 0. The van der Waals surface area contributed by atoms with Gasteiger partial charge in [-0.15, -0.1) is 0 Å². The summed E-state index contributed by atoms with van der Waals surface area (Å²) < 4.78 is 11.4. The van der Waals surface area contributed by atoms with E-state index < -0.39 is 0 Å². The third-order valence-electron chi connectivity index (χ3n) is 3.63. The second kappa shape index (κ2) is 7.88. The number of hydrogen-bond donors (Lipinski definition) is 1. The topological polar surface area (TPSA) is 47.6 Å². The highest BCUT2D eigenvalue weighted by molar-refractivity contribution is 8.26. The Bertz CT molecular complexity index is 924. The summed E-state index contributed by atoms with van der Waals surface area (Å²) in [5.74, 6) is 0.805. The molecule has 2 aromatic rings. The summed E-state index contributed by atoms with van der Waals surface area (Å²) >= 11 is 18.5. The van der Waals surface area contributed by atoms with E-state index in [-0.39, 0.29) is 5.91 Å². The van der Waals surface area contributed by atoms with Crippen molar-refractivity contribution in [2.45, 2.75) is 0 Å². The van der Waals surface area contributed by atoms with Crippen molar-refractivity contribution in [1.82, 2.24) is 5.32 Å². The van der Waals surface area contributed by atoms with Gasteiger partial charge in [0, 0.05) is 15.6 Å². The Hall–Kier alpha value is -1.73. The molecule has 1 aliphatic rings. The highest BCUT2D eigenvalue weighted by Crippen LogP contribution is 2.40. The van der Waals surface area contributed by atoms with Crippen LogP contribution in [0.15, 0.2) is 35.2 Å². The highest BCUT2D eigenvalue weighted by atomic mass is 35.5. The van der Waals surface area contributed by atoms with Crippen LogP contribution >= 0.6 is 47.2 Å². The first-order chi connectivity index (χ1) is 12.4. The van der Waals surface area contributed by atoms with Gasteiger partial charge in [0.25, 0.3) is 5.91 Å². The van der Waals surface area contributed by atoms with Crippen molar-refractivity contribution in [1.29, 1.82) is 0 Å². The Morgan fingerprint density at radius 3 is 2.23 bits per heavy atom. The van der Waals surface area contributed by atoms with Crippen LogP contribution in [0.5, 0.6) is 11.5 Å². The molecule has 0 spiro atoms. The summed E-state index contributed by atoms with van der Waals surface area (Å²) in [6, 6.07) is 8.98. The summed E-state index contributed by atoms with van der Waals surface area (Å²) in [6.07, 6.45) is 1.72. The van der Waals surface area contributed by atoms with Crippen LogP contribution in [0.1, 0.15) is 5.56 Å². The molecule has 26 heavy (non-hydrogen) atoms. The maximum atomic E-state index is 12.0. The first-order valence-electron chi connectivity index (χ1n) is 7.38. The number of ether oxygens (including phenoxy) is 2. The standard InChI is InChI=1S/C18H13Cl2NO3S2/c1-23-14-6-9(10-4-12(19)8-13(20)5-10)3-11(16(14)24-2)7-15-17(22)21-18(25)26-15/h3-8H,1-2H3,(H,21,22,25). The Labute approximate surface area is 170 Å². The lowest BCUT2D eigenvalue weighted by molar-refractivity contribution is -0.115. The number of halogens is 2. The maximum absolute atomic E-state index is 12.0. The van der Waals surface area contributed by atoms with E-state index in [0.717, 1.165) is 11.1 Å². The molecule has 2 aromatic carbocycles. The molecule has 0 saturated carbocycles. The molecular formula is C18H13Cl2NO3S2. The molecule has 4 nitrogen and oxygen atoms in total. The Morgan fingerprint density at radius 2 is 1.69 bits per heavy atom. The third kappa shape index (κ3) is 3.99. The molecule has 1 fully saturated rings. The molecular weight excluding hydrogens is 413 g/mol. The van der Waals surface area contributed by atoms with E-state index in [1.807, 2.05) is 12.1 Å². The lowest BCUT2D eigenvalue weighted by atomic mass is 10.0. The van der Waals surface area contributed by atoms with Gasteiger partial charge in [0.15, 0.2) is 11.5 Å². The first kappa shape index (κ1) is 19.0. The molecule has 8 heteroatoms. The summed E-state index contributed by atoms with van der Waals surface area (Å²) in [4.78, 5) is 12.5. The average molecular weight is 426 g/mol. The fourth-order valence-corrected chi connectivity index (χ4v) is 4.11. The summed E-state index contributed by atoms with van der Waals surface area (Å²) in [5.41, 5.74) is 2.33. The zero-order valence-electron chi connectivity index (χ0n) is 13.8. The Kier molecular flexibility index (Phi) is 5.77.